The number of amides is 2. The molecule has 1 aromatic carbocycles. The summed E-state index contributed by atoms with van der Waals surface area (Å²) in [5.41, 5.74) is 0.190. The van der Waals surface area contributed by atoms with Gasteiger partial charge in [-0.1, -0.05) is 23.2 Å². The molecule has 3 N–H and O–H groups in total. The fourth-order valence-electron chi connectivity index (χ4n) is 1.82. The average molecular weight is 331 g/mol. The monoisotopic (exact) mass is 330 g/mol. The van der Waals surface area contributed by atoms with Gasteiger partial charge in [-0.3, -0.25) is 9.59 Å². The van der Waals surface area contributed by atoms with E-state index in [9.17, 15) is 9.59 Å². The molecule has 2 amide bonds. The Morgan fingerprint density at radius 1 is 1.19 bits per heavy atom. The molecule has 1 aromatic rings. The van der Waals surface area contributed by atoms with Crippen LogP contribution >= 0.6 is 23.2 Å². The molecular formula is C14H16Cl2N2O3. The molecule has 0 aliphatic heterocycles. The lowest BCUT2D eigenvalue weighted by Crippen LogP contribution is -2.39. The molecular weight excluding hydrogens is 315 g/mol. The quantitative estimate of drug-likeness (QED) is 0.741. The summed E-state index contributed by atoms with van der Waals surface area (Å²) < 4.78 is 0. The highest BCUT2D eigenvalue weighted by molar-refractivity contribution is 6.42. The zero-order chi connectivity index (χ0) is 15.5. The maximum absolute atomic E-state index is 11.8. The Morgan fingerprint density at radius 2 is 1.90 bits per heavy atom. The van der Waals surface area contributed by atoms with Crippen LogP contribution in [0.15, 0.2) is 18.2 Å². The second-order valence-corrected chi connectivity index (χ2v) is 6.06. The van der Waals surface area contributed by atoms with Crippen molar-refractivity contribution in [3.05, 3.63) is 33.8 Å². The minimum atomic E-state index is -0.396. The number of nitrogens with one attached hydrogen (secondary N) is 2. The maximum atomic E-state index is 11.8. The second-order valence-electron chi connectivity index (χ2n) is 5.25. The third kappa shape index (κ3) is 4.33. The molecule has 0 atom stereocenters. The van der Waals surface area contributed by atoms with Crippen LogP contribution < -0.4 is 10.6 Å². The number of aliphatic hydroxyl groups is 1. The second kappa shape index (κ2) is 6.64. The molecule has 0 spiro atoms. The van der Waals surface area contributed by atoms with Crippen LogP contribution in [0.2, 0.25) is 10.0 Å². The standard InChI is InChI=1S/C14H16Cl2N2O3/c15-10-2-1-9(5-11(10)16)13(21)17-6-12(20)18-7-14(8-19)3-4-14/h1-2,5,19H,3-4,6-8H2,(H,17,21)(H,18,20). The van der Waals surface area contributed by atoms with Gasteiger partial charge in [-0.15, -0.1) is 0 Å². The van der Waals surface area contributed by atoms with E-state index < -0.39 is 5.91 Å². The predicted octanol–water partition coefficient (Wildman–Crippen LogP) is 1.61. The lowest BCUT2D eigenvalue weighted by Gasteiger charge is -2.13. The molecule has 1 saturated carbocycles. The summed E-state index contributed by atoms with van der Waals surface area (Å²) in [6.07, 6.45) is 1.83. The van der Waals surface area contributed by atoms with Gasteiger partial charge < -0.3 is 15.7 Å². The molecule has 21 heavy (non-hydrogen) atoms. The Kier molecular flexibility index (Phi) is 5.08. The first-order chi connectivity index (χ1) is 9.96. The SMILES string of the molecule is O=C(CNC(=O)c1ccc(Cl)c(Cl)c1)NCC1(CO)CC1. The normalized spacial score (nSPS) is 15.4. The zero-order valence-electron chi connectivity index (χ0n) is 11.3. The summed E-state index contributed by atoms with van der Waals surface area (Å²) in [7, 11) is 0. The van der Waals surface area contributed by atoms with Crippen molar-refractivity contribution in [1.82, 2.24) is 10.6 Å². The fourth-order valence-corrected chi connectivity index (χ4v) is 2.11. The van der Waals surface area contributed by atoms with Crippen molar-refractivity contribution in [1.29, 1.82) is 0 Å². The smallest absolute Gasteiger partial charge is 0.251 e. The van der Waals surface area contributed by atoms with Gasteiger partial charge in [0.25, 0.3) is 5.91 Å². The number of hydrogen-bond acceptors (Lipinski definition) is 3. The number of carbonyl (C=O) groups is 2. The summed E-state index contributed by atoms with van der Waals surface area (Å²) in [4.78, 5) is 23.5. The largest absolute Gasteiger partial charge is 0.396 e. The molecule has 2 rings (SSSR count). The maximum Gasteiger partial charge on any atom is 0.251 e. The number of aliphatic hydroxyl groups excluding tert-OH is 1. The van der Waals surface area contributed by atoms with Crippen molar-refractivity contribution in [3.63, 3.8) is 0 Å². The van der Waals surface area contributed by atoms with Crippen LogP contribution in [0.5, 0.6) is 0 Å². The number of rotatable bonds is 6. The van der Waals surface area contributed by atoms with E-state index in [0.29, 0.717) is 17.1 Å². The summed E-state index contributed by atoms with van der Waals surface area (Å²) in [6, 6.07) is 4.51. The summed E-state index contributed by atoms with van der Waals surface area (Å²) in [5, 5.41) is 15.0. The molecule has 1 aliphatic carbocycles. The van der Waals surface area contributed by atoms with Gasteiger partial charge in [-0.05, 0) is 31.0 Å². The molecule has 0 aromatic heterocycles. The topological polar surface area (TPSA) is 78.4 Å². The first kappa shape index (κ1) is 16.1. The summed E-state index contributed by atoms with van der Waals surface area (Å²) >= 11 is 11.6. The molecule has 7 heteroatoms. The van der Waals surface area contributed by atoms with Crippen LogP contribution in [-0.4, -0.2) is 36.6 Å². The highest BCUT2D eigenvalue weighted by atomic mass is 35.5. The number of carbonyl (C=O) groups excluding carboxylic acids is 2. The third-order valence-electron chi connectivity index (χ3n) is 3.54. The van der Waals surface area contributed by atoms with Gasteiger partial charge in [0.2, 0.25) is 5.91 Å². The Balaban J connectivity index is 1.78. The molecule has 1 aliphatic rings. The highest BCUT2D eigenvalue weighted by Crippen LogP contribution is 2.44. The Labute approximate surface area is 132 Å². The van der Waals surface area contributed by atoms with Gasteiger partial charge in [-0.2, -0.15) is 0 Å². The van der Waals surface area contributed by atoms with E-state index in [1.165, 1.54) is 18.2 Å². The van der Waals surface area contributed by atoms with E-state index in [4.69, 9.17) is 28.3 Å². The molecule has 114 valence electrons. The van der Waals surface area contributed by atoms with Gasteiger partial charge in [-0.25, -0.2) is 0 Å². The number of hydrogen-bond donors (Lipinski definition) is 3. The fraction of sp³-hybridized carbons (Fsp3) is 0.429. The van der Waals surface area contributed by atoms with Crippen LogP contribution in [0.4, 0.5) is 0 Å². The molecule has 0 saturated heterocycles. The van der Waals surface area contributed by atoms with E-state index in [1.807, 2.05) is 0 Å². The van der Waals surface area contributed by atoms with E-state index >= 15 is 0 Å². The van der Waals surface area contributed by atoms with Crippen molar-refractivity contribution in [2.24, 2.45) is 5.41 Å². The number of benzene rings is 1. The van der Waals surface area contributed by atoms with Crippen molar-refractivity contribution < 1.29 is 14.7 Å². The van der Waals surface area contributed by atoms with E-state index in [2.05, 4.69) is 10.6 Å². The molecule has 0 bridgehead atoms. The van der Waals surface area contributed by atoms with Crippen molar-refractivity contribution in [2.75, 3.05) is 19.7 Å². The Hall–Kier alpha value is -1.30. The average Bonchev–Trinajstić information content (AvgIpc) is 3.26. The van der Waals surface area contributed by atoms with Gasteiger partial charge in [0.15, 0.2) is 0 Å². The molecule has 0 radical (unpaired) electrons. The predicted molar refractivity (Wildman–Crippen MR) is 80.6 cm³/mol. The minimum absolute atomic E-state index is 0.0723. The highest BCUT2D eigenvalue weighted by Gasteiger charge is 2.41. The van der Waals surface area contributed by atoms with Crippen LogP contribution in [0, 0.1) is 5.41 Å². The molecule has 0 unspecified atom stereocenters. The zero-order valence-corrected chi connectivity index (χ0v) is 12.8. The number of halogens is 2. The first-order valence-electron chi connectivity index (χ1n) is 6.57. The third-order valence-corrected chi connectivity index (χ3v) is 4.28. The van der Waals surface area contributed by atoms with Gasteiger partial charge in [0.1, 0.15) is 0 Å². The lowest BCUT2D eigenvalue weighted by molar-refractivity contribution is -0.120. The molecule has 1 fully saturated rings. The van der Waals surface area contributed by atoms with Crippen LogP contribution in [0.25, 0.3) is 0 Å². The van der Waals surface area contributed by atoms with Crippen molar-refractivity contribution in [3.8, 4) is 0 Å². The van der Waals surface area contributed by atoms with Gasteiger partial charge in [0.05, 0.1) is 23.2 Å². The summed E-state index contributed by atoms with van der Waals surface area (Å²) in [6.45, 7) is 0.383. The minimum Gasteiger partial charge on any atom is -0.396 e. The van der Waals surface area contributed by atoms with E-state index in [0.717, 1.165) is 12.8 Å². The molecule has 5 nitrogen and oxygen atoms in total. The lowest BCUT2D eigenvalue weighted by atomic mass is 10.1. The van der Waals surface area contributed by atoms with Crippen LogP contribution in [-0.2, 0) is 4.79 Å². The Bertz CT molecular complexity index is 559. The van der Waals surface area contributed by atoms with E-state index in [-0.39, 0.29) is 29.5 Å². The summed E-state index contributed by atoms with van der Waals surface area (Å²) in [5.74, 6) is -0.685. The van der Waals surface area contributed by atoms with Crippen LogP contribution in [0.1, 0.15) is 23.2 Å². The van der Waals surface area contributed by atoms with E-state index in [1.54, 1.807) is 0 Å². The first-order valence-corrected chi connectivity index (χ1v) is 7.32. The van der Waals surface area contributed by atoms with Crippen LogP contribution in [0.3, 0.4) is 0 Å². The van der Waals surface area contributed by atoms with Gasteiger partial charge >= 0.3 is 0 Å². The molecule has 0 heterocycles. The Morgan fingerprint density at radius 3 is 2.48 bits per heavy atom. The van der Waals surface area contributed by atoms with Crippen molar-refractivity contribution >= 4 is 35.0 Å². The van der Waals surface area contributed by atoms with Crippen molar-refractivity contribution in [2.45, 2.75) is 12.8 Å². The van der Waals surface area contributed by atoms with Gasteiger partial charge in [0, 0.05) is 17.5 Å².